The van der Waals surface area contributed by atoms with Gasteiger partial charge in [-0.15, -0.1) is 0 Å². The number of amides is 1. The van der Waals surface area contributed by atoms with Crippen LogP contribution in [0.1, 0.15) is 31.2 Å². The molecule has 2 rings (SSSR count). The minimum Gasteiger partial charge on any atom is -0.353 e. The molecule has 1 aromatic rings. The number of nitrogens with one attached hydrogen (secondary N) is 1. The van der Waals surface area contributed by atoms with Gasteiger partial charge in [0.25, 0.3) is 0 Å². The average Bonchev–Trinajstić information content (AvgIpc) is 2.74. The first-order valence-electron chi connectivity index (χ1n) is 6.43. The molecule has 0 radical (unpaired) electrons. The molecule has 0 bridgehead atoms. The highest BCUT2D eigenvalue weighted by molar-refractivity contribution is 9.10. The summed E-state index contributed by atoms with van der Waals surface area (Å²) < 4.78 is 1.07. The van der Waals surface area contributed by atoms with Crippen LogP contribution in [0.3, 0.4) is 0 Å². The van der Waals surface area contributed by atoms with Crippen LogP contribution in [0.5, 0.6) is 0 Å². The molecular weight excluding hydrogens is 292 g/mol. The van der Waals surface area contributed by atoms with Crippen molar-refractivity contribution in [2.45, 2.75) is 44.2 Å². The zero-order valence-corrected chi connectivity index (χ0v) is 11.9. The first kappa shape index (κ1) is 13.6. The smallest absolute Gasteiger partial charge is 0.220 e. The van der Waals surface area contributed by atoms with Crippen LogP contribution in [0.2, 0.25) is 0 Å². The van der Waals surface area contributed by atoms with Gasteiger partial charge < -0.3 is 11.1 Å². The van der Waals surface area contributed by atoms with Crippen molar-refractivity contribution in [3.63, 3.8) is 0 Å². The molecule has 0 aliphatic heterocycles. The van der Waals surface area contributed by atoms with Gasteiger partial charge in [-0.25, -0.2) is 0 Å². The zero-order valence-electron chi connectivity index (χ0n) is 10.4. The van der Waals surface area contributed by atoms with Crippen molar-refractivity contribution in [1.82, 2.24) is 5.32 Å². The summed E-state index contributed by atoms with van der Waals surface area (Å²) in [6, 6.07) is 8.65. The third-order valence-electron chi connectivity index (χ3n) is 3.39. The SMILES string of the molecule is NC1CCC(NC(=O)CCc2ccc(Br)cc2)C1. The van der Waals surface area contributed by atoms with Gasteiger partial charge >= 0.3 is 0 Å². The second-order valence-electron chi connectivity index (χ2n) is 4.96. The molecule has 0 aromatic heterocycles. The number of carbonyl (C=O) groups excluding carboxylic acids is 1. The van der Waals surface area contributed by atoms with Crippen LogP contribution in [-0.2, 0) is 11.2 Å². The van der Waals surface area contributed by atoms with Gasteiger partial charge in [-0.1, -0.05) is 28.1 Å². The number of nitrogens with two attached hydrogens (primary N) is 1. The van der Waals surface area contributed by atoms with Crippen molar-refractivity contribution in [3.8, 4) is 0 Å². The summed E-state index contributed by atoms with van der Waals surface area (Å²) in [7, 11) is 0. The maximum atomic E-state index is 11.8. The molecule has 2 atom stereocenters. The lowest BCUT2D eigenvalue weighted by molar-refractivity contribution is -0.121. The summed E-state index contributed by atoms with van der Waals surface area (Å²) in [5.74, 6) is 0.136. The number of benzene rings is 1. The topological polar surface area (TPSA) is 55.1 Å². The lowest BCUT2D eigenvalue weighted by Crippen LogP contribution is -2.34. The standard InChI is InChI=1S/C14H19BrN2O/c15-11-4-1-10(2-5-11)3-8-14(18)17-13-7-6-12(16)9-13/h1-2,4-5,12-13H,3,6-9,16H2,(H,17,18). The first-order valence-corrected chi connectivity index (χ1v) is 7.22. The van der Waals surface area contributed by atoms with Crippen LogP contribution >= 0.6 is 15.9 Å². The largest absolute Gasteiger partial charge is 0.353 e. The average molecular weight is 311 g/mol. The van der Waals surface area contributed by atoms with Crippen LogP contribution in [0, 0.1) is 0 Å². The Morgan fingerprint density at radius 3 is 2.67 bits per heavy atom. The van der Waals surface area contributed by atoms with Crippen molar-refractivity contribution in [1.29, 1.82) is 0 Å². The van der Waals surface area contributed by atoms with E-state index in [1.807, 2.05) is 24.3 Å². The van der Waals surface area contributed by atoms with E-state index in [2.05, 4.69) is 21.2 Å². The van der Waals surface area contributed by atoms with Crippen molar-refractivity contribution in [2.75, 3.05) is 0 Å². The molecular formula is C14H19BrN2O. The van der Waals surface area contributed by atoms with Gasteiger partial charge in [0.1, 0.15) is 0 Å². The Balaban J connectivity index is 1.73. The maximum absolute atomic E-state index is 11.8. The quantitative estimate of drug-likeness (QED) is 0.897. The predicted molar refractivity (Wildman–Crippen MR) is 76.2 cm³/mol. The fourth-order valence-corrected chi connectivity index (χ4v) is 2.62. The van der Waals surface area contributed by atoms with Gasteiger partial charge in [-0.05, 0) is 43.4 Å². The van der Waals surface area contributed by atoms with Gasteiger partial charge in [0.2, 0.25) is 5.91 Å². The molecule has 1 aliphatic rings. The van der Waals surface area contributed by atoms with E-state index < -0.39 is 0 Å². The van der Waals surface area contributed by atoms with E-state index in [9.17, 15) is 4.79 Å². The van der Waals surface area contributed by atoms with Crippen LogP contribution in [0.15, 0.2) is 28.7 Å². The highest BCUT2D eigenvalue weighted by Gasteiger charge is 2.22. The minimum absolute atomic E-state index is 0.136. The lowest BCUT2D eigenvalue weighted by Gasteiger charge is -2.12. The maximum Gasteiger partial charge on any atom is 0.220 e. The molecule has 4 heteroatoms. The highest BCUT2D eigenvalue weighted by Crippen LogP contribution is 2.17. The number of halogens is 1. The number of carbonyl (C=O) groups is 1. The van der Waals surface area contributed by atoms with E-state index in [0.717, 1.165) is 30.2 Å². The van der Waals surface area contributed by atoms with Crippen molar-refractivity contribution >= 4 is 21.8 Å². The zero-order chi connectivity index (χ0) is 13.0. The Hall–Kier alpha value is -0.870. The Morgan fingerprint density at radius 2 is 2.06 bits per heavy atom. The van der Waals surface area contributed by atoms with Gasteiger partial charge in [0.05, 0.1) is 0 Å². The van der Waals surface area contributed by atoms with Crippen molar-refractivity contribution in [3.05, 3.63) is 34.3 Å². The molecule has 18 heavy (non-hydrogen) atoms. The number of hydrogen-bond acceptors (Lipinski definition) is 2. The number of aryl methyl sites for hydroxylation is 1. The molecule has 1 fully saturated rings. The van der Waals surface area contributed by atoms with E-state index in [-0.39, 0.29) is 18.0 Å². The summed E-state index contributed by atoms with van der Waals surface area (Å²) in [6.45, 7) is 0. The fourth-order valence-electron chi connectivity index (χ4n) is 2.36. The molecule has 0 saturated heterocycles. The molecule has 1 amide bonds. The molecule has 0 spiro atoms. The number of hydrogen-bond donors (Lipinski definition) is 2. The Kier molecular flexibility index (Phi) is 4.78. The van der Waals surface area contributed by atoms with Gasteiger partial charge in [-0.3, -0.25) is 4.79 Å². The van der Waals surface area contributed by atoms with Crippen molar-refractivity contribution < 1.29 is 4.79 Å². The van der Waals surface area contributed by atoms with Gasteiger partial charge in [0, 0.05) is 23.0 Å². The number of rotatable bonds is 4. The molecule has 1 aromatic carbocycles. The monoisotopic (exact) mass is 310 g/mol. The molecule has 98 valence electrons. The summed E-state index contributed by atoms with van der Waals surface area (Å²) in [5, 5.41) is 3.06. The van der Waals surface area contributed by atoms with Gasteiger partial charge in [-0.2, -0.15) is 0 Å². The van der Waals surface area contributed by atoms with Crippen LogP contribution in [0.4, 0.5) is 0 Å². The third kappa shape index (κ3) is 4.10. The molecule has 0 heterocycles. The molecule has 1 aliphatic carbocycles. The second-order valence-corrected chi connectivity index (χ2v) is 5.88. The third-order valence-corrected chi connectivity index (χ3v) is 3.92. The molecule has 3 nitrogen and oxygen atoms in total. The molecule has 2 unspecified atom stereocenters. The normalized spacial score (nSPS) is 23.0. The minimum atomic E-state index is 0.136. The van der Waals surface area contributed by atoms with Crippen LogP contribution < -0.4 is 11.1 Å². The second kappa shape index (κ2) is 6.34. The van der Waals surface area contributed by atoms with Gasteiger partial charge in [0.15, 0.2) is 0 Å². The summed E-state index contributed by atoms with van der Waals surface area (Å²) in [4.78, 5) is 11.8. The van der Waals surface area contributed by atoms with Crippen LogP contribution in [-0.4, -0.2) is 18.0 Å². The summed E-state index contributed by atoms with van der Waals surface area (Å²) >= 11 is 3.40. The summed E-state index contributed by atoms with van der Waals surface area (Å²) in [6.07, 6.45) is 4.30. The van der Waals surface area contributed by atoms with E-state index in [1.54, 1.807) is 0 Å². The molecule has 1 saturated carbocycles. The van der Waals surface area contributed by atoms with E-state index in [1.165, 1.54) is 5.56 Å². The van der Waals surface area contributed by atoms with Crippen LogP contribution in [0.25, 0.3) is 0 Å². The van der Waals surface area contributed by atoms with Crippen molar-refractivity contribution in [2.24, 2.45) is 5.73 Å². The van der Waals surface area contributed by atoms with E-state index >= 15 is 0 Å². The Bertz CT molecular complexity index is 405. The Labute approximate surface area is 116 Å². The first-order chi connectivity index (χ1) is 8.63. The van der Waals surface area contributed by atoms with E-state index in [0.29, 0.717) is 6.42 Å². The fraction of sp³-hybridized carbons (Fsp3) is 0.500. The lowest BCUT2D eigenvalue weighted by atomic mass is 10.1. The predicted octanol–water partition coefficient (Wildman–Crippen LogP) is 2.38. The highest BCUT2D eigenvalue weighted by atomic mass is 79.9. The summed E-state index contributed by atoms with van der Waals surface area (Å²) in [5.41, 5.74) is 7.02. The molecule has 3 N–H and O–H groups in total. The van der Waals surface area contributed by atoms with E-state index in [4.69, 9.17) is 5.73 Å². The Morgan fingerprint density at radius 1 is 1.33 bits per heavy atom.